The van der Waals surface area contributed by atoms with Crippen molar-refractivity contribution in [2.45, 2.75) is 33.3 Å². The Bertz CT molecular complexity index is 524. The lowest BCUT2D eigenvalue weighted by Gasteiger charge is -2.11. The molecule has 5 heteroatoms. The number of ether oxygens (including phenoxy) is 1. The molecule has 0 amide bonds. The van der Waals surface area contributed by atoms with E-state index in [0.29, 0.717) is 23.5 Å². The molecule has 0 radical (unpaired) electrons. The number of furan rings is 1. The summed E-state index contributed by atoms with van der Waals surface area (Å²) in [7, 11) is 0. The molecule has 2 rings (SSSR count). The average molecular weight is 267 g/mol. The highest BCUT2D eigenvalue weighted by atomic mass is 35.5. The molecule has 0 aliphatic heterocycles. The predicted octanol–water partition coefficient (Wildman–Crippen LogP) is 3.73. The van der Waals surface area contributed by atoms with Crippen LogP contribution >= 0.6 is 11.6 Å². The van der Waals surface area contributed by atoms with Crippen LogP contribution < -0.4 is 4.74 Å². The zero-order valence-electron chi connectivity index (χ0n) is 10.6. The SMILES string of the molecule is Cc1c(Cl)nc(C(C)C)nc1OCc1ccco1. The van der Waals surface area contributed by atoms with Gasteiger partial charge in [0.05, 0.1) is 6.26 Å². The summed E-state index contributed by atoms with van der Waals surface area (Å²) in [4.78, 5) is 8.60. The molecule has 4 nitrogen and oxygen atoms in total. The number of hydrogen-bond donors (Lipinski definition) is 0. The summed E-state index contributed by atoms with van der Waals surface area (Å²) in [6.07, 6.45) is 1.61. The first-order chi connectivity index (χ1) is 8.58. The summed E-state index contributed by atoms with van der Waals surface area (Å²) in [5, 5.41) is 0.433. The monoisotopic (exact) mass is 266 g/mol. The van der Waals surface area contributed by atoms with Gasteiger partial charge in [0.1, 0.15) is 23.3 Å². The molecule has 0 atom stereocenters. The molecule has 0 aliphatic rings. The molecule has 96 valence electrons. The van der Waals surface area contributed by atoms with E-state index in [0.717, 1.165) is 11.3 Å². The molecular weight excluding hydrogens is 252 g/mol. The zero-order chi connectivity index (χ0) is 13.1. The van der Waals surface area contributed by atoms with E-state index in [4.69, 9.17) is 20.8 Å². The minimum atomic E-state index is 0.203. The molecule has 0 aliphatic carbocycles. The molecule has 0 spiro atoms. The van der Waals surface area contributed by atoms with Crippen molar-refractivity contribution in [1.82, 2.24) is 9.97 Å². The van der Waals surface area contributed by atoms with Crippen LogP contribution in [0, 0.1) is 6.92 Å². The van der Waals surface area contributed by atoms with Crippen molar-refractivity contribution in [2.24, 2.45) is 0 Å². The molecule has 0 saturated carbocycles. The standard InChI is InChI=1S/C13H15ClN2O2/c1-8(2)12-15-11(14)9(3)13(16-12)18-7-10-5-4-6-17-10/h4-6,8H,7H2,1-3H3. The number of hydrogen-bond acceptors (Lipinski definition) is 4. The fourth-order valence-electron chi connectivity index (χ4n) is 1.42. The van der Waals surface area contributed by atoms with Gasteiger partial charge in [0, 0.05) is 11.5 Å². The Hall–Kier alpha value is -1.55. The van der Waals surface area contributed by atoms with E-state index in [1.165, 1.54) is 0 Å². The molecule has 18 heavy (non-hydrogen) atoms. The van der Waals surface area contributed by atoms with Crippen LogP contribution in [-0.4, -0.2) is 9.97 Å². The fourth-order valence-corrected chi connectivity index (χ4v) is 1.59. The average Bonchev–Trinajstić information content (AvgIpc) is 2.83. The van der Waals surface area contributed by atoms with Crippen molar-refractivity contribution in [1.29, 1.82) is 0 Å². The van der Waals surface area contributed by atoms with Crippen LogP contribution in [-0.2, 0) is 6.61 Å². The predicted molar refractivity (Wildman–Crippen MR) is 68.9 cm³/mol. The third kappa shape index (κ3) is 2.82. The fraction of sp³-hybridized carbons (Fsp3) is 0.385. The van der Waals surface area contributed by atoms with E-state index in [1.54, 1.807) is 6.26 Å². The summed E-state index contributed by atoms with van der Waals surface area (Å²) < 4.78 is 10.8. The second kappa shape index (κ2) is 5.40. The summed E-state index contributed by atoms with van der Waals surface area (Å²) in [6, 6.07) is 3.67. The third-order valence-electron chi connectivity index (χ3n) is 2.51. The van der Waals surface area contributed by atoms with Crippen LogP contribution in [0.3, 0.4) is 0 Å². The van der Waals surface area contributed by atoms with Gasteiger partial charge in [-0.05, 0) is 19.1 Å². The van der Waals surface area contributed by atoms with Gasteiger partial charge in [-0.1, -0.05) is 25.4 Å². The lowest BCUT2D eigenvalue weighted by Crippen LogP contribution is -2.05. The highest BCUT2D eigenvalue weighted by molar-refractivity contribution is 6.30. The van der Waals surface area contributed by atoms with E-state index in [-0.39, 0.29) is 5.92 Å². The summed E-state index contributed by atoms with van der Waals surface area (Å²) >= 11 is 6.07. The van der Waals surface area contributed by atoms with Gasteiger partial charge in [-0.15, -0.1) is 0 Å². The van der Waals surface area contributed by atoms with Crippen LogP contribution in [0.25, 0.3) is 0 Å². The second-order valence-electron chi connectivity index (χ2n) is 4.33. The molecule has 2 aromatic heterocycles. The van der Waals surface area contributed by atoms with E-state index >= 15 is 0 Å². The first kappa shape index (κ1) is 12.9. The molecule has 0 saturated heterocycles. The van der Waals surface area contributed by atoms with Gasteiger partial charge in [0.2, 0.25) is 5.88 Å². The maximum Gasteiger partial charge on any atom is 0.221 e. The van der Waals surface area contributed by atoms with Gasteiger partial charge in [-0.2, -0.15) is 4.98 Å². The lowest BCUT2D eigenvalue weighted by molar-refractivity contribution is 0.257. The van der Waals surface area contributed by atoms with Gasteiger partial charge in [-0.3, -0.25) is 0 Å². The first-order valence-corrected chi connectivity index (χ1v) is 6.15. The topological polar surface area (TPSA) is 48.2 Å². The lowest BCUT2D eigenvalue weighted by atomic mass is 10.2. The molecule has 0 bridgehead atoms. The minimum absolute atomic E-state index is 0.203. The van der Waals surface area contributed by atoms with E-state index in [1.807, 2.05) is 32.9 Å². The normalized spacial score (nSPS) is 10.9. The van der Waals surface area contributed by atoms with Crippen LogP contribution in [0.4, 0.5) is 0 Å². The van der Waals surface area contributed by atoms with E-state index in [2.05, 4.69) is 9.97 Å². The van der Waals surface area contributed by atoms with Gasteiger partial charge < -0.3 is 9.15 Å². The Morgan fingerprint density at radius 2 is 2.17 bits per heavy atom. The molecule has 0 fully saturated rings. The van der Waals surface area contributed by atoms with Crippen LogP contribution in [0.15, 0.2) is 22.8 Å². The van der Waals surface area contributed by atoms with E-state index in [9.17, 15) is 0 Å². The summed E-state index contributed by atoms with van der Waals surface area (Å²) in [6.45, 7) is 6.19. The van der Waals surface area contributed by atoms with Crippen molar-refractivity contribution in [3.8, 4) is 5.88 Å². The van der Waals surface area contributed by atoms with Gasteiger partial charge in [0.25, 0.3) is 0 Å². The summed E-state index contributed by atoms with van der Waals surface area (Å²) in [5.41, 5.74) is 0.743. The van der Waals surface area contributed by atoms with Gasteiger partial charge >= 0.3 is 0 Å². The number of nitrogens with zero attached hydrogens (tertiary/aromatic N) is 2. The smallest absolute Gasteiger partial charge is 0.221 e. The highest BCUT2D eigenvalue weighted by Gasteiger charge is 2.13. The molecule has 0 aromatic carbocycles. The Morgan fingerprint density at radius 3 is 2.78 bits per heavy atom. The second-order valence-corrected chi connectivity index (χ2v) is 4.68. The Labute approximate surface area is 111 Å². The molecule has 2 heterocycles. The number of aromatic nitrogens is 2. The van der Waals surface area contributed by atoms with Crippen molar-refractivity contribution in [2.75, 3.05) is 0 Å². The van der Waals surface area contributed by atoms with Crippen LogP contribution in [0.5, 0.6) is 5.88 Å². The maximum atomic E-state index is 6.07. The Morgan fingerprint density at radius 1 is 1.39 bits per heavy atom. The van der Waals surface area contributed by atoms with Crippen molar-refractivity contribution in [3.05, 3.63) is 40.7 Å². The number of halogens is 1. The van der Waals surface area contributed by atoms with Gasteiger partial charge in [-0.25, -0.2) is 4.98 Å². The number of rotatable bonds is 4. The van der Waals surface area contributed by atoms with Crippen LogP contribution in [0.1, 0.15) is 36.9 Å². The van der Waals surface area contributed by atoms with Crippen molar-refractivity contribution >= 4 is 11.6 Å². The Balaban J connectivity index is 2.20. The van der Waals surface area contributed by atoms with Crippen LogP contribution in [0.2, 0.25) is 5.15 Å². The summed E-state index contributed by atoms with van der Waals surface area (Å²) in [5.74, 6) is 2.14. The molecular formula is C13H15ClN2O2. The molecule has 0 N–H and O–H groups in total. The van der Waals surface area contributed by atoms with Crippen molar-refractivity contribution in [3.63, 3.8) is 0 Å². The minimum Gasteiger partial charge on any atom is -0.469 e. The Kier molecular flexibility index (Phi) is 3.87. The van der Waals surface area contributed by atoms with E-state index < -0.39 is 0 Å². The third-order valence-corrected chi connectivity index (χ3v) is 2.87. The van der Waals surface area contributed by atoms with Crippen molar-refractivity contribution < 1.29 is 9.15 Å². The highest BCUT2D eigenvalue weighted by Crippen LogP contribution is 2.25. The molecule has 2 aromatic rings. The first-order valence-electron chi connectivity index (χ1n) is 5.77. The zero-order valence-corrected chi connectivity index (χ0v) is 11.4. The van der Waals surface area contributed by atoms with Gasteiger partial charge in [0.15, 0.2) is 0 Å². The largest absolute Gasteiger partial charge is 0.469 e. The molecule has 0 unspecified atom stereocenters. The quantitative estimate of drug-likeness (QED) is 0.791. The maximum absolute atomic E-state index is 6.07.